The molecule has 0 unspecified atom stereocenters. The molecule has 11 nitrogen and oxygen atoms in total. The van der Waals surface area contributed by atoms with Crippen molar-refractivity contribution in [3.8, 4) is 11.3 Å². The lowest BCUT2D eigenvalue weighted by molar-refractivity contribution is -0.146. The number of halogens is 1. The van der Waals surface area contributed by atoms with E-state index >= 15 is 0 Å². The molecule has 0 saturated carbocycles. The maximum atomic E-state index is 14.9. The van der Waals surface area contributed by atoms with Gasteiger partial charge in [-0.05, 0) is 26.7 Å². The number of nitrogens with one attached hydrogen (secondary N) is 1. The standard InChI is InChI=1S/C24H32FN9O2/c1-15-11-36-8-7-33(15)22-30-18(16-9-28-21(26)29-10-16)17-3-5-34(19(17)31-22)23(2)4-6-32(14-23)20(35)24(25)12-27-13-24/h9-10,15,27H,3-8,11-14H2,1-2H3,(H2,26,28,29)/t15-,23-/m0/s1. The lowest BCUT2D eigenvalue weighted by atomic mass is 9.97. The van der Waals surface area contributed by atoms with Gasteiger partial charge in [0.15, 0.2) is 0 Å². The molecule has 6 heterocycles. The van der Waals surface area contributed by atoms with Crippen molar-refractivity contribution in [2.24, 2.45) is 0 Å². The first-order chi connectivity index (χ1) is 17.3. The number of hydrogen-bond acceptors (Lipinski definition) is 10. The zero-order valence-electron chi connectivity index (χ0n) is 20.7. The lowest BCUT2D eigenvalue weighted by Gasteiger charge is -2.39. The second-order valence-corrected chi connectivity index (χ2v) is 10.6. The molecule has 0 bridgehead atoms. The zero-order valence-corrected chi connectivity index (χ0v) is 20.7. The highest BCUT2D eigenvalue weighted by atomic mass is 19.1. The molecular weight excluding hydrogens is 465 g/mol. The smallest absolute Gasteiger partial charge is 0.263 e. The predicted molar refractivity (Wildman–Crippen MR) is 132 cm³/mol. The summed E-state index contributed by atoms with van der Waals surface area (Å²) < 4.78 is 20.5. The molecule has 0 radical (unpaired) electrons. The van der Waals surface area contributed by atoms with Gasteiger partial charge >= 0.3 is 0 Å². The van der Waals surface area contributed by atoms with Gasteiger partial charge in [0.1, 0.15) is 5.82 Å². The maximum absolute atomic E-state index is 14.9. The van der Waals surface area contributed by atoms with Gasteiger partial charge in [0.05, 0.1) is 30.5 Å². The van der Waals surface area contributed by atoms with Gasteiger partial charge in [-0.1, -0.05) is 0 Å². The van der Waals surface area contributed by atoms with Gasteiger partial charge in [-0.25, -0.2) is 19.3 Å². The zero-order chi connectivity index (χ0) is 25.1. The van der Waals surface area contributed by atoms with Gasteiger partial charge in [-0.15, -0.1) is 0 Å². The maximum Gasteiger partial charge on any atom is 0.263 e. The van der Waals surface area contributed by atoms with Crippen molar-refractivity contribution in [1.29, 1.82) is 0 Å². The monoisotopic (exact) mass is 497 g/mol. The van der Waals surface area contributed by atoms with E-state index in [1.165, 1.54) is 0 Å². The lowest BCUT2D eigenvalue weighted by Crippen LogP contribution is -2.65. The topological polar surface area (TPSA) is 126 Å². The Morgan fingerprint density at radius 1 is 1.22 bits per heavy atom. The minimum atomic E-state index is -1.78. The van der Waals surface area contributed by atoms with Crippen molar-refractivity contribution < 1.29 is 13.9 Å². The molecule has 3 N–H and O–H groups in total. The highest BCUT2D eigenvalue weighted by molar-refractivity contribution is 5.87. The normalized spacial score (nSPS) is 27.2. The van der Waals surface area contributed by atoms with E-state index in [0.717, 1.165) is 42.0 Å². The third-order valence-corrected chi connectivity index (χ3v) is 7.97. The summed E-state index contributed by atoms with van der Waals surface area (Å²) in [6.45, 7) is 8.09. The number of likely N-dealkylation sites (tertiary alicyclic amines) is 1. The molecule has 0 spiro atoms. The summed E-state index contributed by atoms with van der Waals surface area (Å²) in [5.74, 6) is 1.31. The average Bonchev–Trinajstić information content (AvgIpc) is 3.47. The third kappa shape index (κ3) is 3.74. The Balaban J connectivity index is 1.37. The number of carbonyl (C=O) groups is 1. The number of amides is 1. The van der Waals surface area contributed by atoms with E-state index in [1.807, 2.05) is 0 Å². The Hall–Kier alpha value is -3.12. The van der Waals surface area contributed by atoms with Crippen molar-refractivity contribution in [3.05, 3.63) is 18.0 Å². The number of anilines is 3. The molecule has 2 aromatic rings. The fraction of sp³-hybridized carbons (Fsp3) is 0.625. The number of hydrogen-bond donors (Lipinski definition) is 2. The van der Waals surface area contributed by atoms with Crippen molar-refractivity contribution in [2.45, 2.75) is 43.9 Å². The van der Waals surface area contributed by atoms with E-state index in [1.54, 1.807) is 17.3 Å². The van der Waals surface area contributed by atoms with Gasteiger partial charge in [-0.2, -0.15) is 4.98 Å². The summed E-state index contributed by atoms with van der Waals surface area (Å²) >= 11 is 0. The van der Waals surface area contributed by atoms with Crippen LogP contribution in [0, 0.1) is 0 Å². The van der Waals surface area contributed by atoms with Crippen molar-refractivity contribution in [3.63, 3.8) is 0 Å². The number of morpholine rings is 1. The van der Waals surface area contributed by atoms with Gasteiger partial charge < -0.3 is 30.5 Å². The van der Waals surface area contributed by atoms with Crippen LogP contribution in [-0.2, 0) is 16.0 Å². The molecule has 36 heavy (non-hydrogen) atoms. The van der Waals surface area contributed by atoms with Crippen molar-refractivity contribution in [2.75, 3.05) is 68.0 Å². The first-order valence-corrected chi connectivity index (χ1v) is 12.6. The fourth-order valence-electron chi connectivity index (χ4n) is 5.74. The number of fused-ring (bicyclic) bond motifs is 1. The molecule has 4 aliphatic heterocycles. The van der Waals surface area contributed by atoms with Crippen LogP contribution < -0.4 is 20.9 Å². The van der Waals surface area contributed by atoms with Crippen molar-refractivity contribution in [1.82, 2.24) is 30.2 Å². The largest absolute Gasteiger partial charge is 0.377 e. The third-order valence-electron chi connectivity index (χ3n) is 7.97. The van der Waals surface area contributed by atoms with Crippen LogP contribution in [0.4, 0.5) is 22.1 Å². The van der Waals surface area contributed by atoms with E-state index in [9.17, 15) is 9.18 Å². The molecule has 2 aromatic heterocycles. The number of aromatic nitrogens is 4. The van der Waals surface area contributed by atoms with Crippen LogP contribution in [0.5, 0.6) is 0 Å². The summed E-state index contributed by atoms with van der Waals surface area (Å²) in [7, 11) is 0. The molecule has 192 valence electrons. The van der Waals surface area contributed by atoms with Crippen LogP contribution in [-0.4, -0.2) is 100 Å². The molecule has 4 aliphatic rings. The number of nitrogens with two attached hydrogens (primary N) is 1. The number of rotatable bonds is 4. The minimum Gasteiger partial charge on any atom is -0.377 e. The van der Waals surface area contributed by atoms with Crippen LogP contribution in [0.25, 0.3) is 11.3 Å². The fourth-order valence-corrected chi connectivity index (χ4v) is 5.74. The summed E-state index contributed by atoms with van der Waals surface area (Å²) in [5.41, 5.74) is 6.22. The molecule has 6 rings (SSSR count). The predicted octanol–water partition coefficient (Wildman–Crippen LogP) is 0.406. The summed E-state index contributed by atoms with van der Waals surface area (Å²) in [6.07, 6.45) is 4.90. The molecule has 1 amide bonds. The van der Waals surface area contributed by atoms with Crippen molar-refractivity contribution >= 4 is 23.6 Å². The SMILES string of the molecule is C[C@H]1COCCN1c1nc(-c2cnc(N)nc2)c2c(n1)N([C@@]1(C)CCN(C(=O)C3(F)CNC3)C1)CC2. The first-order valence-electron chi connectivity index (χ1n) is 12.6. The summed E-state index contributed by atoms with van der Waals surface area (Å²) in [4.78, 5) is 37.5. The van der Waals surface area contributed by atoms with Crippen LogP contribution in [0.15, 0.2) is 12.4 Å². The first kappa shape index (κ1) is 23.3. The quantitative estimate of drug-likeness (QED) is 0.613. The van der Waals surface area contributed by atoms with Crippen LogP contribution >= 0.6 is 0 Å². The Labute approximate surface area is 209 Å². The number of alkyl halides is 1. The molecule has 0 aromatic carbocycles. The van der Waals surface area contributed by atoms with E-state index in [2.05, 4.69) is 38.9 Å². The van der Waals surface area contributed by atoms with E-state index in [-0.39, 0.29) is 30.6 Å². The molecule has 0 aliphatic carbocycles. The van der Waals surface area contributed by atoms with E-state index in [4.69, 9.17) is 20.4 Å². The van der Waals surface area contributed by atoms with E-state index < -0.39 is 11.6 Å². The number of nitrogens with zero attached hydrogens (tertiary/aromatic N) is 7. The average molecular weight is 498 g/mol. The second-order valence-electron chi connectivity index (χ2n) is 10.6. The number of carbonyl (C=O) groups excluding carboxylic acids is 1. The van der Waals surface area contributed by atoms with Crippen LogP contribution in [0.1, 0.15) is 25.8 Å². The van der Waals surface area contributed by atoms with Gasteiger partial charge in [0.25, 0.3) is 5.91 Å². The molecule has 3 saturated heterocycles. The van der Waals surface area contributed by atoms with E-state index in [0.29, 0.717) is 38.8 Å². The Kier molecular flexibility index (Phi) is 5.48. The molecule has 12 heteroatoms. The summed E-state index contributed by atoms with van der Waals surface area (Å²) in [6, 6.07) is 0.134. The van der Waals surface area contributed by atoms with Gasteiger partial charge in [-0.3, -0.25) is 4.79 Å². The number of ether oxygens (including phenoxy) is 1. The Morgan fingerprint density at radius 2 is 2.00 bits per heavy atom. The van der Waals surface area contributed by atoms with Crippen LogP contribution in [0.3, 0.4) is 0 Å². The van der Waals surface area contributed by atoms with Gasteiger partial charge in [0.2, 0.25) is 17.6 Å². The number of nitrogen functional groups attached to an aromatic ring is 1. The second kappa shape index (κ2) is 8.48. The molecule has 3 fully saturated rings. The Bertz CT molecular complexity index is 1170. The minimum absolute atomic E-state index is 0.0902. The van der Waals surface area contributed by atoms with Crippen LogP contribution in [0.2, 0.25) is 0 Å². The molecule has 2 atom stereocenters. The molecular formula is C24H32FN9O2. The summed E-state index contributed by atoms with van der Waals surface area (Å²) in [5, 5.41) is 2.88. The highest BCUT2D eigenvalue weighted by Gasteiger charge is 2.52. The van der Waals surface area contributed by atoms with Gasteiger partial charge in [0, 0.05) is 62.8 Å². The highest BCUT2D eigenvalue weighted by Crippen LogP contribution is 2.42. The Morgan fingerprint density at radius 3 is 2.69 bits per heavy atom.